The zero-order valence-corrected chi connectivity index (χ0v) is 16.3. The zero-order valence-electron chi connectivity index (χ0n) is 14.5. The Morgan fingerprint density at radius 2 is 2.19 bits per heavy atom. The molecule has 1 aliphatic carbocycles. The van der Waals surface area contributed by atoms with Crippen LogP contribution in [-0.2, 0) is 12.6 Å². The topological polar surface area (TPSA) is 65.1 Å². The molecule has 8 heteroatoms. The lowest BCUT2D eigenvalue weighted by Crippen LogP contribution is -2.57. The molecule has 0 atom stereocenters. The third kappa shape index (κ3) is 2.35. The Morgan fingerprint density at radius 3 is 2.92 bits per heavy atom. The van der Waals surface area contributed by atoms with E-state index in [0.29, 0.717) is 0 Å². The Labute approximate surface area is 160 Å². The first-order valence-electron chi connectivity index (χ1n) is 8.74. The number of piperazine rings is 1. The van der Waals surface area contributed by atoms with Crippen molar-refractivity contribution in [2.24, 2.45) is 0 Å². The third-order valence-electron chi connectivity index (χ3n) is 5.59. The number of H-pyrrole nitrogens is 1. The molecule has 1 saturated heterocycles. The fourth-order valence-electron chi connectivity index (χ4n) is 3.91. The van der Waals surface area contributed by atoms with Crippen LogP contribution in [0.4, 0.5) is 5.82 Å². The molecule has 1 N–H and O–H groups in total. The standard InChI is InChI=1S/C18H19N5OS2/c1-11-13(25)8-26-14(11)17(24)23-7-6-22(9-18(23)3-4-18)16-12-2-5-19-15(12)20-10-21-16/h2,5,8,10,25H,3-4,6-7,9H2,1H3,(H,19,20,21)/p+1. The summed E-state index contributed by atoms with van der Waals surface area (Å²) in [7, 11) is 0. The van der Waals surface area contributed by atoms with Crippen molar-refractivity contribution >= 4 is 46.7 Å². The second kappa shape index (κ2) is 5.72. The first kappa shape index (κ1) is 16.1. The maximum absolute atomic E-state index is 13.2. The molecule has 6 nitrogen and oxygen atoms in total. The minimum atomic E-state index is -0.0503. The van der Waals surface area contributed by atoms with E-state index in [2.05, 4.69) is 37.4 Å². The number of nitrogens with one attached hydrogen (secondary N) is 1. The predicted octanol–water partition coefficient (Wildman–Crippen LogP) is 2.19. The summed E-state index contributed by atoms with van der Waals surface area (Å²) >= 11 is 5.11. The molecule has 0 radical (unpaired) electrons. The van der Waals surface area contributed by atoms with E-state index in [-0.39, 0.29) is 11.4 Å². The van der Waals surface area contributed by atoms with Crippen molar-refractivity contribution in [2.75, 3.05) is 24.5 Å². The summed E-state index contributed by atoms with van der Waals surface area (Å²) < 4.78 is 0. The molecule has 1 saturated carbocycles. The smallest absolute Gasteiger partial charge is 0.264 e. The Balaban J connectivity index is 1.44. The van der Waals surface area contributed by atoms with Crippen LogP contribution in [-0.4, -0.2) is 50.9 Å². The summed E-state index contributed by atoms with van der Waals surface area (Å²) in [6.45, 7) is 4.35. The number of carbonyl (C=O) groups excluding carboxylic acids is 1. The molecule has 0 aromatic carbocycles. The summed E-state index contributed by atoms with van der Waals surface area (Å²) in [5, 5.41) is 3.04. The fraction of sp³-hybridized carbons (Fsp3) is 0.389. The largest absolute Gasteiger partial charge is 0.352 e. The van der Waals surface area contributed by atoms with Gasteiger partial charge in [-0.1, -0.05) is 0 Å². The van der Waals surface area contributed by atoms with Crippen molar-refractivity contribution in [2.45, 2.75) is 30.2 Å². The van der Waals surface area contributed by atoms with Gasteiger partial charge in [0.1, 0.15) is 22.7 Å². The van der Waals surface area contributed by atoms with Crippen LogP contribution in [0.2, 0.25) is 0 Å². The zero-order chi connectivity index (χ0) is 17.9. The maximum Gasteiger partial charge on any atom is 0.264 e. The molecule has 3 aromatic heterocycles. The van der Waals surface area contributed by atoms with Crippen LogP contribution >= 0.6 is 11.3 Å². The first-order chi connectivity index (χ1) is 12.6. The highest BCUT2D eigenvalue weighted by atomic mass is 32.1. The number of amides is 1. The molecule has 2 aliphatic rings. The highest BCUT2D eigenvalue weighted by molar-refractivity contribution is 7.59. The lowest BCUT2D eigenvalue weighted by Gasteiger charge is -2.42. The van der Waals surface area contributed by atoms with Crippen LogP contribution in [0.1, 0.15) is 28.1 Å². The number of hydrogen-bond acceptors (Lipinski definition) is 5. The van der Waals surface area contributed by atoms with Gasteiger partial charge in [-0.05, 0) is 38.5 Å². The highest BCUT2D eigenvalue weighted by Crippen LogP contribution is 2.46. The van der Waals surface area contributed by atoms with Crippen molar-refractivity contribution in [1.29, 1.82) is 0 Å². The van der Waals surface area contributed by atoms with Gasteiger partial charge in [-0.15, -0.1) is 11.3 Å². The maximum atomic E-state index is 13.2. The molecule has 4 heterocycles. The molecule has 1 aliphatic heterocycles. The van der Waals surface area contributed by atoms with E-state index in [4.69, 9.17) is 0 Å². The van der Waals surface area contributed by atoms with E-state index < -0.39 is 0 Å². The quantitative estimate of drug-likeness (QED) is 0.686. The van der Waals surface area contributed by atoms with Crippen LogP contribution in [0.3, 0.4) is 0 Å². The van der Waals surface area contributed by atoms with Gasteiger partial charge in [-0.2, -0.15) is 0 Å². The van der Waals surface area contributed by atoms with E-state index in [1.54, 1.807) is 6.33 Å². The highest BCUT2D eigenvalue weighted by Gasteiger charge is 2.54. The molecule has 2 fully saturated rings. The molecule has 1 amide bonds. The lowest BCUT2D eigenvalue weighted by atomic mass is 10.1. The van der Waals surface area contributed by atoms with E-state index in [1.165, 1.54) is 11.3 Å². The summed E-state index contributed by atoms with van der Waals surface area (Å²) in [4.78, 5) is 31.4. The minimum absolute atomic E-state index is 0.0503. The second-order valence-corrected chi connectivity index (χ2v) is 8.56. The number of nitrogens with zero attached hydrogens (tertiary/aromatic N) is 4. The van der Waals surface area contributed by atoms with Crippen LogP contribution in [0, 0.1) is 6.92 Å². The predicted molar refractivity (Wildman–Crippen MR) is 107 cm³/mol. The molecule has 134 valence electrons. The molecule has 3 aromatic rings. The van der Waals surface area contributed by atoms with Gasteiger partial charge in [0.15, 0.2) is 4.90 Å². The Morgan fingerprint density at radius 1 is 1.35 bits per heavy atom. The average molecular weight is 387 g/mol. The lowest BCUT2D eigenvalue weighted by molar-refractivity contribution is 0.0628. The van der Waals surface area contributed by atoms with Crippen molar-refractivity contribution < 1.29 is 4.79 Å². The second-order valence-electron chi connectivity index (χ2n) is 7.14. The fourth-order valence-corrected chi connectivity index (χ4v) is 5.21. The van der Waals surface area contributed by atoms with Crippen LogP contribution in [0.15, 0.2) is 28.9 Å². The van der Waals surface area contributed by atoms with Gasteiger partial charge < -0.3 is 14.8 Å². The summed E-state index contributed by atoms with van der Waals surface area (Å²) in [5.41, 5.74) is 1.85. The van der Waals surface area contributed by atoms with E-state index in [9.17, 15) is 4.79 Å². The third-order valence-corrected chi connectivity index (χ3v) is 7.39. The van der Waals surface area contributed by atoms with E-state index >= 15 is 0 Å². The number of fused-ring (bicyclic) bond motifs is 1. The van der Waals surface area contributed by atoms with Crippen molar-refractivity contribution in [3.63, 3.8) is 0 Å². The molecule has 0 bridgehead atoms. The summed E-state index contributed by atoms with van der Waals surface area (Å²) in [6.07, 6.45) is 5.62. The summed E-state index contributed by atoms with van der Waals surface area (Å²) in [6, 6.07) is 2.02. The normalized spacial score (nSPS) is 18.7. The molecule has 26 heavy (non-hydrogen) atoms. The molecule has 5 rings (SSSR count). The van der Waals surface area contributed by atoms with Gasteiger partial charge in [0, 0.05) is 36.8 Å². The van der Waals surface area contributed by atoms with Gasteiger partial charge in [0.05, 0.1) is 10.9 Å². The van der Waals surface area contributed by atoms with Gasteiger partial charge in [-0.25, -0.2) is 9.97 Å². The Kier molecular flexibility index (Phi) is 3.55. The Bertz CT molecular complexity index is 1010. The van der Waals surface area contributed by atoms with Crippen LogP contribution < -0.4 is 4.90 Å². The number of rotatable bonds is 2. The van der Waals surface area contributed by atoms with Crippen LogP contribution in [0.25, 0.3) is 11.0 Å². The first-order valence-corrected chi connectivity index (χ1v) is 10.1. The SMILES string of the molecule is Cc1c([SH2+])csc1C(=O)N1CCN(c2ncnc3[nH]ccc23)CC12CC2. The van der Waals surface area contributed by atoms with Gasteiger partial charge >= 0.3 is 0 Å². The Hall–Kier alpha value is -2.06. The van der Waals surface area contributed by atoms with Crippen molar-refractivity contribution in [3.05, 3.63) is 34.4 Å². The number of thiophene rings is 1. The number of aromatic amines is 1. The van der Waals surface area contributed by atoms with E-state index in [0.717, 1.165) is 64.7 Å². The van der Waals surface area contributed by atoms with Gasteiger partial charge in [-0.3, -0.25) is 4.79 Å². The molecule has 1 spiro atoms. The van der Waals surface area contributed by atoms with Crippen molar-refractivity contribution in [3.8, 4) is 0 Å². The number of anilines is 1. The van der Waals surface area contributed by atoms with Crippen LogP contribution in [0.5, 0.6) is 0 Å². The molecular weight excluding hydrogens is 366 g/mol. The number of carbonyl (C=O) groups is 1. The van der Waals surface area contributed by atoms with Crippen molar-refractivity contribution in [1.82, 2.24) is 19.9 Å². The van der Waals surface area contributed by atoms with Gasteiger partial charge in [0.2, 0.25) is 0 Å². The summed E-state index contributed by atoms with van der Waals surface area (Å²) in [5.74, 6) is 1.13. The minimum Gasteiger partial charge on any atom is -0.352 e. The molecular formula is C18H20N5OS2+. The molecule has 0 unspecified atom stereocenters. The number of hydrogen-bond donors (Lipinski definition) is 1. The van der Waals surface area contributed by atoms with Gasteiger partial charge in [0.25, 0.3) is 5.91 Å². The monoisotopic (exact) mass is 386 g/mol. The van der Waals surface area contributed by atoms with E-state index in [1.807, 2.05) is 24.6 Å². The average Bonchev–Trinajstić information content (AvgIpc) is 3.09. The number of aromatic nitrogens is 3.